The van der Waals surface area contributed by atoms with Crippen molar-refractivity contribution in [3.05, 3.63) is 5.51 Å². The van der Waals surface area contributed by atoms with Crippen molar-refractivity contribution in [1.82, 2.24) is 10.2 Å². The maximum absolute atomic E-state index is 8.68. The highest BCUT2D eigenvalue weighted by Gasteiger charge is 2.19. The van der Waals surface area contributed by atoms with Crippen molar-refractivity contribution in [1.29, 1.82) is 5.26 Å². The van der Waals surface area contributed by atoms with Crippen LogP contribution in [-0.2, 0) is 0 Å². The van der Waals surface area contributed by atoms with Gasteiger partial charge in [0.25, 0.3) is 0 Å². The van der Waals surface area contributed by atoms with Crippen molar-refractivity contribution in [3.8, 4) is 6.07 Å². The normalized spacial score (nSPS) is 11.0. The van der Waals surface area contributed by atoms with E-state index in [1.165, 1.54) is 23.1 Å². The van der Waals surface area contributed by atoms with Gasteiger partial charge in [0.2, 0.25) is 0 Å². The summed E-state index contributed by atoms with van der Waals surface area (Å²) in [7, 11) is 0. The maximum atomic E-state index is 8.68. The van der Waals surface area contributed by atoms with Gasteiger partial charge in [-0.2, -0.15) is 5.26 Å². The molecule has 0 spiro atoms. The van der Waals surface area contributed by atoms with Crippen molar-refractivity contribution >= 4 is 23.1 Å². The van der Waals surface area contributed by atoms with Gasteiger partial charge in [-0.1, -0.05) is 23.1 Å². The largest absolute Gasteiger partial charge is 0.197 e. The second-order valence-corrected chi connectivity index (χ2v) is 5.13. The minimum Gasteiger partial charge on any atom is -0.197 e. The van der Waals surface area contributed by atoms with Crippen LogP contribution in [0.4, 0.5) is 0 Å². The average molecular weight is 185 g/mol. The molecule has 0 fully saturated rings. The molecule has 0 N–H and O–H groups in total. The van der Waals surface area contributed by atoms with Crippen LogP contribution in [0.1, 0.15) is 13.8 Å². The Bertz CT molecular complexity index is 260. The predicted molar refractivity (Wildman–Crippen MR) is 45.5 cm³/mol. The van der Waals surface area contributed by atoms with E-state index in [4.69, 9.17) is 5.26 Å². The molecule has 0 saturated carbocycles. The first-order chi connectivity index (χ1) is 5.14. The Morgan fingerprint density at radius 1 is 1.73 bits per heavy atom. The van der Waals surface area contributed by atoms with Crippen LogP contribution >= 0.6 is 23.1 Å². The van der Waals surface area contributed by atoms with Gasteiger partial charge in [-0.15, -0.1) is 10.2 Å². The van der Waals surface area contributed by atoms with Gasteiger partial charge in [0.1, 0.15) is 10.3 Å². The fourth-order valence-corrected chi connectivity index (χ4v) is 2.24. The molecule has 0 aromatic carbocycles. The third-order valence-electron chi connectivity index (χ3n) is 0.952. The maximum Gasteiger partial charge on any atom is 0.175 e. The lowest BCUT2D eigenvalue weighted by Gasteiger charge is -2.10. The van der Waals surface area contributed by atoms with Crippen LogP contribution in [0.3, 0.4) is 0 Å². The van der Waals surface area contributed by atoms with Gasteiger partial charge in [0.15, 0.2) is 4.34 Å². The van der Waals surface area contributed by atoms with Crippen molar-refractivity contribution in [2.75, 3.05) is 0 Å². The summed E-state index contributed by atoms with van der Waals surface area (Å²) in [6.07, 6.45) is 0. The highest BCUT2D eigenvalue weighted by atomic mass is 32.2. The quantitative estimate of drug-likeness (QED) is 0.661. The summed E-state index contributed by atoms with van der Waals surface area (Å²) in [5.41, 5.74) is 1.66. The molecule has 0 saturated heterocycles. The number of hydrogen-bond donors (Lipinski definition) is 0. The zero-order valence-electron chi connectivity index (χ0n) is 6.24. The van der Waals surface area contributed by atoms with Crippen molar-refractivity contribution < 1.29 is 0 Å². The second-order valence-electron chi connectivity index (χ2n) is 2.43. The SMILES string of the molecule is CC(C)(C#N)Sc1nncs1. The fraction of sp³-hybridized carbons (Fsp3) is 0.500. The molecule has 1 heterocycles. The Labute approximate surface area is 73.5 Å². The molecular weight excluding hydrogens is 178 g/mol. The second kappa shape index (κ2) is 3.20. The van der Waals surface area contributed by atoms with E-state index in [1.54, 1.807) is 5.51 Å². The molecule has 11 heavy (non-hydrogen) atoms. The van der Waals surface area contributed by atoms with Crippen molar-refractivity contribution in [2.24, 2.45) is 0 Å². The van der Waals surface area contributed by atoms with E-state index in [0.29, 0.717) is 0 Å². The van der Waals surface area contributed by atoms with Gasteiger partial charge in [-0.05, 0) is 13.8 Å². The van der Waals surface area contributed by atoms with Gasteiger partial charge in [-0.25, -0.2) is 0 Å². The zero-order chi connectivity index (χ0) is 8.32. The molecular formula is C6H7N3S2. The Morgan fingerprint density at radius 3 is 2.91 bits per heavy atom. The first-order valence-corrected chi connectivity index (χ1v) is 4.70. The van der Waals surface area contributed by atoms with Crippen LogP contribution < -0.4 is 0 Å². The third kappa shape index (κ3) is 2.48. The molecule has 1 aromatic rings. The molecule has 0 radical (unpaired) electrons. The summed E-state index contributed by atoms with van der Waals surface area (Å²) < 4.78 is 0.441. The van der Waals surface area contributed by atoms with E-state index in [0.717, 1.165) is 4.34 Å². The van der Waals surface area contributed by atoms with Crippen LogP contribution in [0.25, 0.3) is 0 Å². The molecule has 3 nitrogen and oxygen atoms in total. The summed E-state index contributed by atoms with van der Waals surface area (Å²) in [5, 5.41) is 16.2. The van der Waals surface area contributed by atoms with Gasteiger partial charge in [-0.3, -0.25) is 0 Å². The molecule has 0 aliphatic heterocycles. The Balaban J connectivity index is 2.65. The summed E-state index contributed by atoms with van der Waals surface area (Å²) >= 11 is 2.89. The van der Waals surface area contributed by atoms with E-state index in [2.05, 4.69) is 16.3 Å². The summed E-state index contributed by atoms with van der Waals surface area (Å²) in [4.78, 5) is 0. The molecule has 0 unspecified atom stereocenters. The fourth-order valence-electron chi connectivity index (χ4n) is 0.449. The predicted octanol–water partition coefficient (Wildman–Crippen LogP) is 1.93. The van der Waals surface area contributed by atoms with Gasteiger partial charge >= 0.3 is 0 Å². The number of nitrogens with zero attached hydrogens (tertiary/aromatic N) is 3. The molecule has 1 aromatic heterocycles. The number of rotatable bonds is 2. The van der Waals surface area contributed by atoms with Crippen molar-refractivity contribution in [2.45, 2.75) is 22.9 Å². The van der Waals surface area contributed by atoms with E-state index in [1.807, 2.05) is 13.8 Å². The first kappa shape index (κ1) is 8.50. The van der Waals surface area contributed by atoms with E-state index >= 15 is 0 Å². The highest BCUT2D eigenvalue weighted by molar-refractivity contribution is 8.02. The molecule has 0 amide bonds. The monoisotopic (exact) mass is 185 g/mol. The van der Waals surface area contributed by atoms with E-state index in [9.17, 15) is 0 Å². The van der Waals surface area contributed by atoms with Crippen molar-refractivity contribution in [3.63, 3.8) is 0 Å². The summed E-state index contributed by atoms with van der Waals surface area (Å²) in [6, 6.07) is 2.18. The molecule has 0 aliphatic rings. The van der Waals surface area contributed by atoms with Crippen LogP contribution in [0.15, 0.2) is 9.85 Å². The molecule has 0 bridgehead atoms. The van der Waals surface area contributed by atoms with Crippen LogP contribution in [-0.4, -0.2) is 14.9 Å². The summed E-state index contributed by atoms with van der Waals surface area (Å²) in [5.74, 6) is 0. The van der Waals surface area contributed by atoms with Gasteiger partial charge in [0, 0.05) is 0 Å². The molecule has 5 heteroatoms. The van der Waals surface area contributed by atoms with Gasteiger partial charge < -0.3 is 0 Å². The number of aromatic nitrogens is 2. The third-order valence-corrected chi connectivity index (χ3v) is 2.83. The standard InChI is InChI=1S/C6H7N3S2/c1-6(2,3-7)11-5-9-8-4-10-5/h4H,1-2H3. The smallest absolute Gasteiger partial charge is 0.175 e. The number of nitriles is 1. The van der Waals surface area contributed by atoms with E-state index < -0.39 is 4.75 Å². The Hall–Kier alpha value is -0.600. The molecule has 58 valence electrons. The number of hydrogen-bond acceptors (Lipinski definition) is 5. The molecule has 0 atom stereocenters. The minimum atomic E-state index is -0.403. The van der Waals surface area contributed by atoms with Crippen LogP contribution in [0, 0.1) is 11.3 Å². The van der Waals surface area contributed by atoms with Crippen LogP contribution in [0.2, 0.25) is 0 Å². The lowest BCUT2D eigenvalue weighted by molar-refractivity contribution is 0.904. The van der Waals surface area contributed by atoms with Crippen LogP contribution in [0.5, 0.6) is 0 Å². The number of thioether (sulfide) groups is 1. The Kier molecular flexibility index (Phi) is 2.47. The topological polar surface area (TPSA) is 49.6 Å². The van der Waals surface area contributed by atoms with Gasteiger partial charge in [0.05, 0.1) is 6.07 Å². The lowest BCUT2D eigenvalue weighted by Crippen LogP contribution is -2.09. The zero-order valence-corrected chi connectivity index (χ0v) is 7.87. The summed E-state index contributed by atoms with van der Waals surface area (Å²) in [6.45, 7) is 3.72. The Morgan fingerprint density at radius 2 is 2.45 bits per heavy atom. The molecule has 1 rings (SSSR count). The molecule has 0 aliphatic carbocycles. The van der Waals surface area contributed by atoms with E-state index in [-0.39, 0.29) is 0 Å². The first-order valence-electron chi connectivity index (χ1n) is 3.00. The highest BCUT2D eigenvalue weighted by Crippen LogP contribution is 2.32. The average Bonchev–Trinajstić information content (AvgIpc) is 2.39. The lowest BCUT2D eigenvalue weighted by atomic mass is 10.2. The minimum absolute atomic E-state index is 0.403.